The molecule has 1 atom stereocenters. The van der Waals surface area contributed by atoms with Crippen molar-refractivity contribution >= 4 is 5.69 Å². The Morgan fingerprint density at radius 2 is 2.33 bits per heavy atom. The first-order valence-corrected chi connectivity index (χ1v) is 4.68. The summed E-state index contributed by atoms with van der Waals surface area (Å²) in [5, 5.41) is 11.9. The van der Waals surface area contributed by atoms with Crippen LogP contribution in [0.2, 0.25) is 0 Å². The van der Waals surface area contributed by atoms with Crippen molar-refractivity contribution in [3.05, 3.63) is 36.4 Å². The summed E-state index contributed by atoms with van der Waals surface area (Å²) < 4.78 is 5.19. The van der Waals surface area contributed by atoms with E-state index in [4.69, 9.17) is 10.00 Å². The molecule has 0 aromatic heterocycles. The summed E-state index contributed by atoms with van der Waals surface area (Å²) in [6, 6.07) is 7.52. The number of methoxy groups -OCH3 is 1. The molecule has 0 radical (unpaired) electrons. The van der Waals surface area contributed by atoms with Gasteiger partial charge in [0.05, 0.1) is 24.4 Å². The Labute approximate surface area is 90.0 Å². The highest BCUT2D eigenvalue weighted by Gasteiger charge is 2.05. The lowest BCUT2D eigenvalue weighted by Crippen LogP contribution is -2.12. The molecule has 1 rings (SSSR count). The molecule has 0 saturated carbocycles. The Balaban J connectivity index is 2.98. The van der Waals surface area contributed by atoms with Crippen molar-refractivity contribution in [3.8, 4) is 11.8 Å². The van der Waals surface area contributed by atoms with Gasteiger partial charge in [0, 0.05) is 12.1 Å². The van der Waals surface area contributed by atoms with Crippen LogP contribution in [0.5, 0.6) is 5.75 Å². The first-order chi connectivity index (χ1) is 7.21. The molecule has 1 N–H and O–H groups in total. The Bertz CT molecular complexity index is 393. The molecular formula is C12H14N2O. The summed E-state index contributed by atoms with van der Waals surface area (Å²) in [7, 11) is 1.58. The van der Waals surface area contributed by atoms with E-state index in [0.29, 0.717) is 11.3 Å². The number of ether oxygens (including phenoxy) is 1. The summed E-state index contributed by atoms with van der Waals surface area (Å²) in [6.07, 6.45) is 1.80. The lowest BCUT2D eigenvalue weighted by molar-refractivity contribution is 0.416. The number of hydrogen-bond acceptors (Lipinski definition) is 3. The number of anilines is 1. The summed E-state index contributed by atoms with van der Waals surface area (Å²) >= 11 is 0. The quantitative estimate of drug-likeness (QED) is 0.763. The topological polar surface area (TPSA) is 45.0 Å². The van der Waals surface area contributed by atoms with Crippen molar-refractivity contribution in [1.82, 2.24) is 0 Å². The molecule has 0 spiro atoms. The zero-order valence-electron chi connectivity index (χ0n) is 8.95. The van der Waals surface area contributed by atoms with Gasteiger partial charge in [0.1, 0.15) is 5.75 Å². The lowest BCUT2D eigenvalue weighted by atomic mass is 10.2. The van der Waals surface area contributed by atoms with E-state index in [1.807, 2.05) is 13.0 Å². The van der Waals surface area contributed by atoms with Gasteiger partial charge in [0.15, 0.2) is 0 Å². The first-order valence-electron chi connectivity index (χ1n) is 4.68. The van der Waals surface area contributed by atoms with Crippen molar-refractivity contribution in [2.24, 2.45) is 0 Å². The predicted molar refractivity (Wildman–Crippen MR) is 61.0 cm³/mol. The van der Waals surface area contributed by atoms with Gasteiger partial charge in [-0.15, -0.1) is 6.58 Å². The van der Waals surface area contributed by atoms with E-state index in [-0.39, 0.29) is 6.04 Å². The molecule has 1 unspecified atom stereocenters. The highest BCUT2D eigenvalue weighted by atomic mass is 16.5. The van der Waals surface area contributed by atoms with Gasteiger partial charge in [-0.25, -0.2) is 0 Å². The molecule has 0 heterocycles. The maximum atomic E-state index is 8.73. The second-order valence-corrected chi connectivity index (χ2v) is 3.20. The van der Waals surface area contributed by atoms with Crippen LogP contribution in [0.25, 0.3) is 0 Å². The van der Waals surface area contributed by atoms with Gasteiger partial charge in [-0.1, -0.05) is 6.08 Å². The van der Waals surface area contributed by atoms with Crippen LogP contribution < -0.4 is 10.1 Å². The third-order valence-corrected chi connectivity index (χ3v) is 2.07. The molecular weight excluding hydrogens is 188 g/mol. The Kier molecular flexibility index (Phi) is 3.75. The third kappa shape index (κ3) is 2.75. The highest BCUT2D eigenvalue weighted by Crippen LogP contribution is 2.25. The summed E-state index contributed by atoms with van der Waals surface area (Å²) in [5.41, 5.74) is 1.45. The van der Waals surface area contributed by atoms with Crippen LogP contribution >= 0.6 is 0 Å². The van der Waals surface area contributed by atoms with E-state index in [9.17, 15) is 0 Å². The lowest BCUT2D eigenvalue weighted by Gasteiger charge is -2.14. The molecule has 0 aliphatic rings. The van der Waals surface area contributed by atoms with Gasteiger partial charge >= 0.3 is 0 Å². The van der Waals surface area contributed by atoms with E-state index in [0.717, 1.165) is 5.69 Å². The molecule has 0 fully saturated rings. The average Bonchev–Trinajstić information content (AvgIpc) is 2.29. The van der Waals surface area contributed by atoms with Gasteiger partial charge in [-0.3, -0.25) is 0 Å². The van der Waals surface area contributed by atoms with Crippen LogP contribution in [0.15, 0.2) is 30.9 Å². The predicted octanol–water partition coefficient (Wildman–Crippen LogP) is 2.55. The molecule has 3 nitrogen and oxygen atoms in total. The van der Waals surface area contributed by atoms with Crippen molar-refractivity contribution in [2.45, 2.75) is 13.0 Å². The van der Waals surface area contributed by atoms with Crippen LogP contribution in [0.4, 0.5) is 5.69 Å². The smallest absolute Gasteiger partial charge is 0.143 e. The van der Waals surface area contributed by atoms with Crippen LogP contribution in [-0.4, -0.2) is 13.2 Å². The molecule has 3 heteroatoms. The van der Waals surface area contributed by atoms with Gasteiger partial charge in [-0.05, 0) is 19.1 Å². The molecule has 0 aliphatic heterocycles. The zero-order chi connectivity index (χ0) is 11.3. The van der Waals surface area contributed by atoms with Gasteiger partial charge in [0.2, 0.25) is 0 Å². The average molecular weight is 202 g/mol. The summed E-state index contributed by atoms with van der Waals surface area (Å²) in [5.74, 6) is 0.669. The van der Waals surface area contributed by atoms with E-state index in [2.05, 4.69) is 18.0 Å². The summed E-state index contributed by atoms with van der Waals surface area (Å²) in [4.78, 5) is 0. The van der Waals surface area contributed by atoms with E-state index >= 15 is 0 Å². The second-order valence-electron chi connectivity index (χ2n) is 3.20. The van der Waals surface area contributed by atoms with E-state index < -0.39 is 0 Å². The number of nitriles is 1. The van der Waals surface area contributed by atoms with Crippen LogP contribution in [0, 0.1) is 11.3 Å². The first kappa shape index (κ1) is 11.1. The molecule has 1 aromatic carbocycles. The minimum Gasteiger partial charge on any atom is -0.495 e. The fourth-order valence-corrected chi connectivity index (χ4v) is 1.18. The van der Waals surface area contributed by atoms with Gasteiger partial charge < -0.3 is 10.1 Å². The van der Waals surface area contributed by atoms with Gasteiger partial charge in [-0.2, -0.15) is 5.26 Å². The molecule has 0 bridgehead atoms. The molecule has 0 saturated heterocycles. The van der Waals surface area contributed by atoms with Gasteiger partial charge in [0.25, 0.3) is 0 Å². The number of nitrogens with one attached hydrogen (secondary N) is 1. The van der Waals surface area contributed by atoms with Crippen molar-refractivity contribution in [3.63, 3.8) is 0 Å². The minimum atomic E-state index is 0.159. The highest BCUT2D eigenvalue weighted by molar-refractivity contribution is 5.60. The van der Waals surface area contributed by atoms with E-state index in [1.54, 1.807) is 25.3 Å². The third-order valence-electron chi connectivity index (χ3n) is 2.07. The SMILES string of the molecule is C=CC(C)Nc1ccc(C#N)cc1OC. The monoisotopic (exact) mass is 202 g/mol. The number of hydrogen-bond donors (Lipinski definition) is 1. The normalized spacial score (nSPS) is 11.3. The molecule has 15 heavy (non-hydrogen) atoms. The minimum absolute atomic E-state index is 0.159. The Morgan fingerprint density at radius 3 is 2.87 bits per heavy atom. The maximum Gasteiger partial charge on any atom is 0.143 e. The van der Waals surface area contributed by atoms with Crippen molar-refractivity contribution < 1.29 is 4.74 Å². The largest absolute Gasteiger partial charge is 0.495 e. The van der Waals surface area contributed by atoms with Crippen LogP contribution in [0.3, 0.4) is 0 Å². The van der Waals surface area contributed by atoms with Crippen molar-refractivity contribution in [2.75, 3.05) is 12.4 Å². The maximum absolute atomic E-state index is 8.73. The Morgan fingerprint density at radius 1 is 1.60 bits per heavy atom. The van der Waals surface area contributed by atoms with Crippen molar-refractivity contribution in [1.29, 1.82) is 5.26 Å². The van der Waals surface area contributed by atoms with E-state index in [1.165, 1.54) is 0 Å². The summed E-state index contributed by atoms with van der Waals surface area (Å²) in [6.45, 7) is 5.68. The van der Waals surface area contributed by atoms with Crippen LogP contribution in [-0.2, 0) is 0 Å². The number of rotatable bonds is 4. The molecule has 0 amide bonds. The van der Waals surface area contributed by atoms with Crippen LogP contribution in [0.1, 0.15) is 12.5 Å². The second kappa shape index (κ2) is 5.06. The number of benzene rings is 1. The fourth-order valence-electron chi connectivity index (χ4n) is 1.18. The fraction of sp³-hybridized carbons (Fsp3) is 0.250. The Hall–Kier alpha value is -1.95. The standard InChI is InChI=1S/C12H14N2O/c1-4-9(2)14-11-6-5-10(8-13)7-12(11)15-3/h4-7,9,14H,1H2,2-3H3. The number of nitrogens with zero attached hydrogens (tertiary/aromatic N) is 1. The molecule has 0 aliphatic carbocycles. The molecule has 78 valence electrons. The zero-order valence-corrected chi connectivity index (χ0v) is 8.95. The molecule has 1 aromatic rings.